The monoisotopic (exact) mass is 300 g/mol. The summed E-state index contributed by atoms with van der Waals surface area (Å²) in [5.41, 5.74) is 2.71. The third kappa shape index (κ3) is 2.99. The molecule has 5 heteroatoms. The average molecular weight is 300 g/mol. The van der Waals surface area contributed by atoms with Gasteiger partial charge >= 0.3 is 0 Å². The van der Waals surface area contributed by atoms with Crippen LogP contribution in [0.1, 0.15) is 17.2 Å². The molecule has 0 aliphatic carbocycles. The minimum atomic E-state index is -0.256. The molecule has 0 saturated heterocycles. The second kappa shape index (κ2) is 6.11. The Bertz CT molecular complexity index is 713. The summed E-state index contributed by atoms with van der Waals surface area (Å²) in [6.45, 7) is -0.0173. The van der Waals surface area contributed by atoms with E-state index in [0.717, 1.165) is 21.7 Å². The first-order valence-corrected chi connectivity index (χ1v) is 7.28. The lowest BCUT2D eigenvalue weighted by atomic mass is 9.97. The van der Waals surface area contributed by atoms with Gasteiger partial charge in [-0.2, -0.15) is 4.37 Å². The number of rotatable bonds is 4. The molecular formula is C16H13FN2OS. The zero-order valence-corrected chi connectivity index (χ0v) is 11.9. The Hall–Kier alpha value is -2.11. The molecule has 0 fully saturated rings. The fourth-order valence-corrected chi connectivity index (χ4v) is 2.97. The molecule has 1 unspecified atom stereocenters. The molecule has 0 spiro atoms. The van der Waals surface area contributed by atoms with Crippen LogP contribution in [0.5, 0.6) is 0 Å². The molecule has 106 valence electrons. The van der Waals surface area contributed by atoms with Gasteiger partial charge in [0.05, 0.1) is 23.1 Å². The highest BCUT2D eigenvalue weighted by atomic mass is 32.1. The average Bonchev–Trinajstić information content (AvgIpc) is 2.99. The van der Waals surface area contributed by atoms with Gasteiger partial charge in [-0.1, -0.05) is 12.1 Å². The number of nitrogens with zero attached hydrogens (tertiary/aromatic N) is 2. The topological polar surface area (TPSA) is 46.0 Å². The van der Waals surface area contributed by atoms with Gasteiger partial charge in [0.25, 0.3) is 0 Å². The highest BCUT2D eigenvalue weighted by molar-refractivity contribution is 7.09. The fourth-order valence-electron chi connectivity index (χ4n) is 2.17. The molecule has 0 radical (unpaired) electrons. The first-order chi connectivity index (χ1) is 10.3. The molecule has 0 aliphatic heterocycles. The highest BCUT2D eigenvalue weighted by Crippen LogP contribution is 2.30. The first kappa shape index (κ1) is 13.9. The first-order valence-electron chi connectivity index (χ1n) is 6.51. The van der Waals surface area contributed by atoms with Gasteiger partial charge in [-0.05, 0) is 53.0 Å². The van der Waals surface area contributed by atoms with E-state index in [9.17, 15) is 9.50 Å². The summed E-state index contributed by atoms with van der Waals surface area (Å²) in [7, 11) is 0. The fraction of sp³-hybridized carbons (Fsp3) is 0.125. The maximum Gasteiger partial charge on any atom is 0.123 e. The Balaban J connectivity index is 1.92. The van der Waals surface area contributed by atoms with Crippen LogP contribution in [-0.2, 0) is 0 Å². The number of aromatic nitrogens is 2. The van der Waals surface area contributed by atoms with Crippen LogP contribution in [0, 0.1) is 5.82 Å². The van der Waals surface area contributed by atoms with Gasteiger partial charge in [0.2, 0.25) is 0 Å². The van der Waals surface area contributed by atoms with E-state index >= 15 is 0 Å². The Morgan fingerprint density at radius 3 is 2.48 bits per heavy atom. The Morgan fingerprint density at radius 2 is 1.81 bits per heavy atom. The van der Waals surface area contributed by atoms with Crippen LogP contribution < -0.4 is 0 Å². The zero-order chi connectivity index (χ0) is 14.7. The molecule has 0 amide bonds. The smallest absolute Gasteiger partial charge is 0.123 e. The van der Waals surface area contributed by atoms with Gasteiger partial charge in [-0.15, -0.1) is 0 Å². The second-order valence-electron chi connectivity index (χ2n) is 4.64. The van der Waals surface area contributed by atoms with Crippen molar-refractivity contribution in [2.45, 2.75) is 5.92 Å². The van der Waals surface area contributed by atoms with Crippen molar-refractivity contribution in [3.8, 4) is 10.4 Å². The summed E-state index contributed by atoms with van der Waals surface area (Å²) < 4.78 is 17.4. The van der Waals surface area contributed by atoms with Crippen molar-refractivity contribution >= 4 is 11.5 Å². The summed E-state index contributed by atoms with van der Waals surface area (Å²) >= 11 is 1.35. The van der Waals surface area contributed by atoms with Gasteiger partial charge in [0, 0.05) is 12.4 Å². The van der Waals surface area contributed by atoms with Crippen LogP contribution in [0.25, 0.3) is 10.4 Å². The van der Waals surface area contributed by atoms with Crippen LogP contribution in [0.4, 0.5) is 4.39 Å². The van der Waals surface area contributed by atoms with Crippen LogP contribution in [0.2, 0.25) is 0 Å². The van der Waals surface area contributed by atoms with E-state index in [-0.39, 0.29) is 18.3 Å². The third-order valence-corrected chi connectivity index (χ3v) is 4.16. The number of aliphatic hydroxyl groups excluding tert-OH is 1. The van der Waals surface area contributed by atoms with Crippen molar-refractivity contribution in [3.05, 3.63) is 71.9 Å². The summed E-state index contributed by atoms with van der Waals surface area (Å²) in [5.74, 6) is -0.424. The predicted octanol–water partition coefficient (Wildman–Crippen LogP) is 3.47. The lowest BCUT2D eigenvalue weighted by Crippen LogP contribution is -2.06. The van der Waals surface area contributed by atoms with Crippen molar-refractivity contribution in [1.82, 2.24) is 9.36 Å². The van der Waals surface area contributed by atoms with E-state index in [1.165, 1.54) is 23.7 Å². The number of halogens is 1. The summed E-state index contributed by atoms with van der Waals surface area (Å²) in [5, 5.41) is 9.64. The van der Waals surface area contributed by atoms with Crippen LogP contribution in [0.3, 0.4) is 0 Å². The minimum Gasteiger partial charge on any atom is -0.395 e. The molecule has 2 aromatic heterocycles. The van der Waals surface area contributed by atoms with Gasteiger partial charge in [0.1, 0.15) is 5.82 Å². The SMILES string of the molecule is OCC(c1ccncc1)c1cc(-c2ccc(F)cc2)sn1. The summed E-state index contributed by atoms with van der Waals surface area (Å²) in [4.78, 5) is 4.94. The Kier molecular flexibility index (Phi) is 4.03. The molecular weight excluding hydrogens is 287 g/mol. The Labute approximate surface area is 125 Å². The lowest BCUT2D eigenvalue weighted by Gasteiger charge is -2.11. The standard InChI is InChI=1S/C16H13FN2OS/c17-13-3-1-12(2-4-13)16-9-15(19-21-16)14(10-20)11-5-7-18-8-6-11/h1-9,14,20H,10H2. The zero-order valence-electron chi connectivity index (χ0n) is 11.1. The normalized spacial score (nSPS) is 12.3. The molecule has 1 aromatic carbocycles. The largest absolute Gasteiger partial charge is 0.395 e. The second-order valence-corrected chi connectivity index (χ2v) is 5.44. The molecule has 0 saturated carbocycles. The maximum atomic E-state index is 13.0. The van der Waals surface area contributed by atoms with E-state index in [0.29, 0.717) is 0 Å². The van der Waals surface area contributed by atoms with Crippen molar-refractivity contribution in [1.29, 1.82) is 0 Å². The maximum absolute atomic E-state index is 13.0. The van der Waals surface area contributed by atoms with Gasteiger partial charge in [-0.25, -0.2) is 4.39 Å². The molecule has 2 heterocycles. The van der Waals surface area contributed by atoms with Crippen LogP contribution in [0.15, 0.2) is 54.9 Å². The quantitative estimate of drug-likeness (QED) is 0.802. The van der Waals surface area contributed by atoms with Crippen molar-refractivity contribution < 1.29 is 9.50 Å². The molecule has 3 rings (SSSR count). The molecule has 1 N–H and O–H groups in total. The van der Waals surface area contributed by atoms with Crippen LogP contribution in [-0.4, -0.2) is 21.1 Å². The van der Waals surface area contributed by atoms with E-state index < -0.39 is 0 Å². The number of hydrogen-bond acceptors (Lipinski definition) is 4. The van der Waals surface area contributed by atoms with E-state index in [1.54, 1.807) is 24.5 Å². The Morgan fingerprint density at radius 1 is 1.10 bits per heavy atom. The lowest BCUT2D eigenvalue weighted by molar-refractivity contribution is 0.279. The van der Waals surface area contributed by atoms with E-state index in [1.807, 2.05) is 18.2 Å². The molecule has 0 aliphatic rings. The van der Waals surface area contributed by atoms with Crippen molar-refractivity contribution in [2.75, 3.05) is 6.61 Å². The third-order valence-electron chi connectivity index (χ3n) is 3.31. The molecule has 1 atom stereocenters. The number of aliphatic hydroxyl groups is 1. The highest BCUT2D eigenvalue weighted by Gasteiger charge is 2.17. The van der Waals surface area contributed by atoms with Crippen LogP contribution >= 0.6 is 11.5 Å². The van der Waals surface area contributed by atoms with E-state index in [4.69, 9.17) is 0 Å². The van der Waals surface area contributed by atoms with Crippen molar-refractivity contribution in [3.63, 3.8) is 0 Å². The molecule has 0 bridgehead atoms. The molecule has 3 nitrogen and oxygen atoms in total. The number of benzene rings is 1. The van der Waals surface area contributed by atoms with Gasteiger partial charge in [0.15, 0.2) is 0 Å². The predicted molar refractivity (Wildman–Crippen MR) is 80.7 cm³/mol. The number of pyridine rings is 1. The van der Waals surface area contributed by atoms with Crippen molar-refractivity contribution in [2.24, 2.45) is 0 Å². The van der Waals surface area contributed by atoms with Gasteiger partial charge < -0.3 is 5.11 Å². The molecule has 21 heavy (non-hydrogen) atoms. The number of hydrogen-bond donors (Lipinski definition) is 1. The molecule has 3 aromatic rings. The van der Waals surface area contributed by atoms with E-state index in [2.05, 4.69) is 9.36 Å². The summed E-state index contributed by atoms with van der Waals surface area (Å²) in [6, 6.07) is 12.0. The summed E-state index contributed by atoms with van der Waals surface area (Å²) in [6.07, 6.45) is 3.40. The van der Waals surface area contributed by atoms with Gasteiger partial charge in [-0.3, -0.25) is 4.98 Å². The minimum absolute atomic E-state index is 0.0173.